The number of aliphatic hydroxyl groups is 1. The summed E-state index contributed by atoms with van der Waals surface area (Å²) in [5, 5.41) is 14.9. The normalized spacial score (nSPS) is 22.8. The number of nitrogens with one attached hydrogen (secondary N) is 2. The summed E-state index contributed by atoms with van der Waals surface area (Å²) in [6, 6.07) is 4.89. The molecule has 1 atom stereocenters. The van der Waals surface area contributed by atoms with Crippen LogP contribution in [0.25, 0.3) is 10.4 Å². The van der Waals surface area contributed by atoms with Crippen molar-refractivity contribution in [3.05, 3.63) is 71.4 Å². The Bertz CT molecular complexity index is 1670. The molecule has 262 valence electrons. The van der Waals surface area contributed by atoms with Gasteiger partial charge in [-0.3, -0.25) is 4.79 Å². The second kappa shape index (κ2) is 14.3. The van der Waals surface area contributed by atoms with Gasteiger partial charge >= 0.3 is 12.1 Å². The lowest BCUT2D eigenvalue weighted by Gasteiger charge is -2.52. The van der Waals surface area contributed by atoms with E-state index < -0.39 is 27.3 Å². The number of carbonyl (C=O) groups is 2. The third kappa shape index (κ3) is 9.02. The highest BCUT2D eigenvalue weighted by molar-refractivity contribution is 7.89. The number of aromatic nitrogens is 1. The van der Waals surface area contributed by atoms with Crippen molar-refractivity contribution in [1.29, 1.82) is 0 Å². The molecule has 2 aromatic rings. The fourth-order valence-electron chi connectivity index (χ4n) is 6.30. The summed E-state index contributed by atoms with van der Waals surface area (Å²) in [6.07, 6.45) is 12.5. The Hall–Kier alpha value is -3.32. The molecule has 10 nitrogen and oxygen atoms in total. The van der Waals surface area contributed by atoms with E-state index in [0.29, 0.717) is 21.6 Å². The molecule has 1 unspecified atom stereocenters. The van der Waals surface area contributed by atoms with Crippen LogP contribution < -0.4 is 10.0 Å². The highest BCUT2D eigenvalue weighted by atomic mass is 32.2. The van der Waals surface area contributed by atoms with Crippen LogP contribution in [-0.2, 0) is 36.1 Å². The van der Waals surface area contributed by atoms with E-state index >= 15 is 0 Å². The number of sulfonamides is 1. The van der Waals surface area contributed by atoms with Gasteiger partial charge in [-0.05, 0) is 97.3 Å². The van der Waals surface area contributed by atoms with Crippen LogP contribution in [0, 0.1) is 0 Å². The van der Waals surface area contributed by atoms with Crippen LogP contribution in [0.1, 0.15) is 97.6 Å². The first-order chi connectivity index (χ1) is 22.3. The number of nitrogens with zero attached hydrogens (tertiary/aromatic N) is 1. The van der Waals surface area contributed by atoms with E-state index in [9.17, 15) is 23.1 Å². The maximum atomic E-state index is 13.8. The zero-order valence-electron chi connectivity index (χ0n) is 29.0. The van der Waals surface area contributed by atoms with E-state index in [4.69, 9.17) is 14.5 Å². The fourth-order valence-corrected chi connectivity index (χ4v) is 9.28. The van der Waals surface area contributed by atoms with Gasteiger partial charge in [0.05, 0.1) is 27.3 Å². The standard InChI is InChI=1S/C36H49N3O7S2/c1-9-10-11-12-25(4)34(8,42)46-30(40)22-26-13-14-27(29(21-26)48(43,44)39-33(5,6)7)28-23-37-31(47-28)35-15-18-36(19-16-35,20-17-35)38-32(41)45-24(2)3/h9-14,21,23-24,39,42H,1,15-20,22H2,2-8H3,(H,38,41)/b11-10-,25-12+. The summed E-state index contributed by atoms with van der Waals surface area (Å²) in [5.74, 6) is -2.56. The second-order valence-electron chi connectivity index (χ2n) is 14.5. The van der Waals surface area contributed by atoms with Crippen molar-refractivity contribution in [2.75, 3.05) is 0 Å². The number of rotatable bonds is 12. The van der Waals surface area contributed by atoms with Crippen LogP contribution in [-0.4, -0.2) is 53.5 Å². The first kappa shape index (κ1) is 37.5. The van der Waals surface area contributed by atoms with Crippen molar-refractivity contribution in [2.45, 2.75) is 127 Å². The van der Waals surface area contributed by atoms with Crippen molar-refractivity contribution in [3.8, 4) is 10.4 Å². The van der Waals surface area contributed by atoms with E-state index in [1.165, 1.54) is 24.3 Å². The molecule has 0 spiro atoms. The molecule has 48 heavy (non-hydrogen) atoms. The van der Waals surface area contributed by atoms with Crippen LogP contribution in [0.3, 0.4) is 0 Å². The molecule has 1 amide bonds. The van der Waals surface area contributed by atoms with Crippen LogP contribution >= 0.6 is 11.3 Å². The molecule has 3 fully saturated rings. The van der Waals surface area contributed by atoms with Gasteiger partial charge in [-0.25, -0.2) is 22.9 Å². The Kier molecular flexibility index (Phi) is 11.1. The minimum Gasteiger partial charge on any atom is -0.447 e. The first-order valence-electron chi connectivity index (χ1n) is 16.3. The molecular formula is C36H49N3O7S2. The molecule has 0 radical (unpaired) electrons. The molecule has 2 bridgehead atoms. The van der Waals surface area contributed by atoms with Gasteiger partial charge in [0.2, 0.25) is 15.8 Å². The van der Waals surface area contributed by atoms with Gasteiger partial charge in [0.15, 0.2) is 0 Å². The Morgan fingerprint density at radius 1 is 1.10 bits per heavy atom. The van der Waals surface area contributed by atoms with Gasteiger partial charge < -0.3 is 19.9 Å². The van der Waals surface area contributed by atoms with Crippen molar-refractivity contribution >= 4 is 33.4 Å². The molecular weight excluding hydrogens is 651 g/mol. The van der Waals surface area contributed by atoms with Crippen molar-refractivity contribution < 1.29 is 32.6 Å². The summed E-state index contributed by atoms with van der Waals surface area (Å²) in [5.41, 5.74) is 0.167. The van der Waals surface area contributed by atoms with E-state index in [2.05, 4.69) is 16.6 Å². The number of benzene rings is 1. The number of amides is 1. The lowest BCUT2D eigenvalue weighted by Crippen LogP contribution is -2.58. The number of allylic oxidation sites excluding steroid dienone is 4. The van der Waals surface area contributed by atoms with Crippen molar-refractivity contribution in [1.82, 2.24) is 15.0 Å². The van der Waals surface area contributed by atoms with E-state index in [0.717, 1.165) is 43.5 Å². The zero-order chi connectivity index (χ0) is 35.5. The molecule has 1 heterocycles. The van der Waals surface area contributed by atoms with Crippen molar-refractivity contribution in [3.63, 3.8) is 0 Å². The smallest absolute Gasteiger partial charge is 0.407 e. The minimum atomic E-state index is -4.02. The Labute approximate surface area is 288 Å². The number of carbonyl (C=O) groups excluding carboxylic acids is 2. The van der Waals surface area contributed by atoms with E-state index in [1.807, 2.05) is 13.8 Å². The molecule has 3 N–H and O–H groups in total. The number of alkyl carbamates (subject to hydrolysis) is 1. The van der Waals surface area contributed by atoms with Crippen molar-refractivity contribution in [2.24, 2.45) is 0 Å². The lowest BCUT2D eigenvalue weighted by atomic mass is 9.57. The fraction of sp³-hybridized carbons (Fsp3) is 0.528. The summed E-state index contributed by atoms with van der Waals surface area (Å²) in [4.78, 5) is 30.9. The average molecular weight is 700 g/mol. The number of thiazole rings is 1. The predicted molar refractivity (Wildman–Crippen MR) is 188 cm³/mol. The third-order valence-electron chi connectivity index (χ3n) is 8.94. The topological polar surface area (TPSA) is 144 Å². The number of fused-ring (bicyclic) bond motifs is 3. The van der Waals surface area contributed by atoms with Gasteiger partial charge in [0.25, 0.3) is 0 Å². The van der Waals surface area contributed by atoms with Gasteiger partial charge in [-0.15, -0.1) is 11.3 Å². The van der Waals surface area contributed by atoms with Gasteiger partial charge in [0.1, 0.15) is 0 Å². The number of hydrogen-bond donors (Lipinski definition) is 3. The minimum absolute atomic E-state index is 0.0343. The maximum absolute atomic E-state index is 13.8. The molecule has 0 aliphatic heterocycles. The summed E-state index contributed by atoms with van der Waals surface area (Å²) < 4.78 is 41.1. The van der Waals surface area contributed by atoms with Gasteiger partial charge in [-0.1, -0.05) is 43.0 Å². The average Bonchev–Trinajstić information content (AvgIpc) is 3.47. The zero-order valence-corrected chi connectivity index (χ0v) is 30.6. The molecule has 3 aliphatic carbocycles. The van der Waals surface area contributed by atoms with E-state index in [-0.39, 0.29) is 34.5 Å². The summed E-state index contributed by atoms with van der Waals surface area (Å²) in [6.45, 7) is 15.6. The molecule has 0 saturated heterocycles. The molecule has 3 saturated carbocycles. The Morgan fingerprint density at radius 3 is 2.33 bits per heavy atom. The number of hydrogen-bond acceptors (Lipinski definition) is 9. The predicted octanol–water partition coefficient (Wildman–Crippen LogP) is 6.85. The SMILES string of the molecule is C=C/C=C\C=C(/C)C(C)(O)OC(=O)Cc1ccc(-c2cnc(C34CCC(NC(=O)OC(C)C)(CC3)CC4)s2)c(S(=O)(=O)NC(C)(C)C)c1. The first-order valence-corrected chi connectivity index (χ1v) is 18.6. The Balaban J connectivity index is 1.59. The molecule has 1 aromatic heterocycles. The Morgan fingerprint density at radius 2 is 1.75 bits per heavy atom. The van der Waals surface area contributed by atoms with Crippen LogP contribution in [0.4, 0.5) is 4.79 Å². The second-order valence-corrected chi connectivity index (χ2v) is 17.1. The quantitative estimate of drug-likeness (QED) is 0.124. The molecule has 3 aliphatic rings. The third-order valence-corrected chi connectivity index (χ3v) is 12.0. The van der Waals surface area contributed by atoms with Crippen LogP contribution in [0.5, 0.6) is 0 Å². The largest absolute Gasteiger partial charge is 0.447 e. The molecule has 1 aromatic carbocycles. The summed E-state index contributed by atoms with van der Waals surface area (Å²) >= 11 is 1.49. The summed E-state index contributed by atoms with van der Waals surface area (Å²) in [7, 11) is -4.02. The van der Waals surface area contributed by atoms with Crippen LogP contribution in [0.15, 0.2) is 65.7 Å². The lowest BCUT2D eigenvalue weighted by molar-refractivity contribution is -0.187. The number of esters is 1. The molecule has 5 rings (SSSR count). The van der Waals surface area contributed by atoms with Gasteiger partial charge in [0, 0.05) is 35.2 Å². The maximum Gasteiger partial charge on any atom is 0.407 e. The van der Waals surface area contributed by atoms with E-state index in [1.54, 1.807) is 70.3 Å². The molecule has 12 heteroatoms. The van der Waals surface area contributed by atoms with Crippen LogP contribution in [0.2, 0.25) is 0 Å². The highest BCUT2D eigenvalue weighted by Gasteiger charge is 2.51. The monoisotopic (exact) mass is 699 g/mol. The van der Waals surface area contributed by atoms with Gasteiger partial charge in [-0.2, -0.15) is 0 Å². The number of ether oxygens (including phenoxy) is 2. The highest BCUT2D eigenvalue weighted by Crippen LogP contribution is 2.55.